The number of benzene rings is 2. The lowest BCUT2D eigenvalue weighted by atomic mass is 10.1. The molecule has 2 aromatic carbocycles. The van der Waals surface area contributed by atoms with Crippen LogP contribution in [0.4, 0.5) is 27.6 Å². The fourth-order valence-corrected chi connectivity index (χ4v) is 2.71. The number of nitro benzene ring substituents is 1. The van der Waals surface area contributed by atoms with Gasteiger partial charge in [-0.3, -0.25) is 10.1 Å². The van der Waals surface area contributed by atoms with E-state index in [1.54, 1.807) is 18.2 Å². The summed E-state index contributed by atoms with van der Waals surface area (Å²) < 4.78 is 66.8. The van der Waals surface area contributed by atoms with Gasteiger partial charge in [0.05, 0.1) is 11.5 Å². The largest absolute Gasteiger partial charge is 0.461 e. The monoisotopic (exact) mass is 412 g/mol. The van der Waals surface area contributed by atoms with Crippen molar-refractivity contribution in [3.8, 4) is 11.4 Å². The first-order valence-corrected chi connectivity index (χ1v) is 8.20. The summed E-state index contributed by atoms with van der Waals surface area (Å²) in [7, 11) is 0. The van der Waals surface area contributed by atoms with Gasteiger partial charge < -0.3 is 0 Å². The molecule has 0 saturated carbocycles. The van der Waals surface area contributed by atoms with Crippen molar-refractivity contribution in [2.45, 2.75) is 25.6 Å². The molecular weight excluding hydrogens is 399 g/mol. The van der Waals surface area contributed by atoms with Gasteiger partial charge in [-0.15, -0.1) is 5.10 Å². The number of nitrogens with zero attached hydrogens (tertiary/aromatic N) is 4. The lowest BCUT2D eigenvalue weighted by Crippen LogP contribution is -2.35. The molecule has 0 bridgehead atoms. The van der Waals surface area contributed by atoms with E-state index < -0.39 is 22.8 Å². The van der Waals surface area contributed by atoms with Crippen molar-refractivity contribution in [3.63, 3.8) is 0 Å². The van der Waals surface area contributed by atoms with Gasteiger partial charge in [0, 0.05) is 17.2 Å². The lowest BCUT2D eigenvalue weighted by molar-refractivity contribution is -0.385. The predicted molar refractivity (Wildman–Crippen MR) is 92.3 cm³/mol. The van der Waals surface area contributed by atoms with E-state index >= 15 is 0 Å². The van der Waals surface area contributed by atoms with Gasteiger partial charge >= 0.3 is 12.1 Å². The van der Waals surface area contributed by atoms with E-state index in [2.05, 4.69) is 10.1 Å². The van der Waals surface area contributed by atoms with Crippen LogP contribution in [-0.4, -0.2) is 25.9 Å². The number of nitro groups is 1. The molecule has 1 heterocycles. The summed E-state index contributed by atoms with van der Waals surface area (Å²) in [6, 6.07) is 11.8. The van der Waals surface area contributed by atoms with Crippen LogP contribution in [-0.2, 0) is 12.5 Å². The van der Waals surface area contributed by atoms with Crippen molar-refractivity contribution in [3.05, 3.63) is 75.6 Å². The van der Waals surface area contributed by atoms with Gasteiger partial charge in [0.25, 0.3) is 5.69 Å². The zero-order valence-corrected chi connectivity index (χ0v) is 14.8. The van der Waals surface area contributed by atoms with Gasteiger partial charge in [0.15, 0.2) is 5.82 Å². The van der Waals surface area contributed by atoms with Gasteiger partial charge in [-0.1, -0.05) is 36.4 Å². The van der Waals surface area contributed by atoms with Gasteiger partial charge in [-0.2, -0.15) is 22.0 Å². The van der Waals surface area contributed by atoms with Crippen LogP contribution in [0.1, 0.15) is 17.0 Å². The molecule has 0 aliphatic carbocycles. The van der Waals surface area contributed by atoms with Crippen LogP contribution in [0.3, 0.4) is 0 Å². The normalized spacial score (nSPS) is 12.2. The Balaban J connectivity index is 2.08. The summed E-state index contributed by atoms with van der Waals surface area (Å²) in [5.41, 5.74) is 0.898. The molecule has 0 saturated heterocycles. The third kappa shape index (κ3) is 3.93. The maximum absolute atomic E-state index is 13.8. The molecule has 0 fully saturated rings. The van der Waals surface area contributed by atoms with Crippen LogP contribution in [0.2, 0.25) is 0 Å². The van der Waals surface area contributed by atoms with Crippen LogP contribution in [0.25, 0.3) is 11.4 Å². The van der Waals surface area contributed by atoms with Crippen molar-refractivity contribution >= 4 is 5.69 Å². The molecule has 29 heavy (non-hydrogen) atoms. The molecule has 6 nitrogen and oxygen atoms in total. The molecule has 11 heteroatoms. The summed E-state index contributed by atoms with van der Waals surface area (Å²) in [5.74, 6) is -7.07. The number of aryl methyl sites for hydroxylation is 1. The lowest BCUT2D eigenvalue weighted by Gasteiger charge is -2.15. The molecule has 1 aromatic heterocycles. The fraction of sp³-hybridized carbons (Fsp3) is 0.222. The minimum Gasteiger partial charge on any atom is -0.258 e. The molecule has 0 aliphatic heterocycles. The summed E-state index contributed by atoms with van der Waals surface area (Å²) >= 11 is 0. The molecule has 0 unspecified atom stereocenters. The number of hydrogen-bond donors (Lipinski definition) is 0. The second kappa shape index (κ2) is 7.22. The quantitative estimate of drug-likeness (QED) is 0.341. The van der Waals surface area contributed by atoms with Gasteiger partial charge in [0.1, 0.15) is 0 Å². The maximum Gasteiger partial charge on any atom is 0.461 e. The second-order valence-corrected chi connectivity index (χ2v) is 6.23. The standard InChI is InChI=1S/C18H13F5N4O2/c1-11-9-12(7-8-14(11)27(28)29)10-26-15(13-5-3-2-4-6-13)24-16(25-26)17(19,20)18(21,22)23/h2-9H,10H2,1H3. The van der Waals surface area contributed by atoms with Crippen LogP contribution < -0.4 is 0 Å². The van der Waals surface area contributed by atoms with Crippen LogP contribution in [0, 0.1) is 17.0 Å². The van der Waals surface area contributed by atoms with E-state index in [1.165, 1.54) is 37.3 Å². The average Bonchev–Trinajstić information content (AvgIpc) is 3.05. The number of rotatable bonds is 5. The number of aromatic nitrogens is 3. The Hall–Kier alpha value is -3.37. The van der Waals surface area contributed by atoms with Crippen molar-refractivity contribution in [1.29, 1.82) is 0 Å². The maximum atomic E-state index is 13.8. The highest BCUT2D eigenvalue weighted by molar-refractivity contribution is 5.55. The molecule has 0 spiro atoms. The molecular formula is C18H13F5N4O2. The Morgan fingerprint density at radius 1 is 1.07 bits per heavy atom. The third-order valence-corrected chi connectivity index (χ3v) is 4.13. The highest BCUT2D eigenvalue weighted by Gasteiger charge is 2.62. The first kappa shape index (κ1) is 20.4. The second-order valence-electron chi connectivity index (χ2n) is 6.23. The number of alkyl halides is 5. The number of halogens is 5. The molecule has 3 rings (SSSR count). The predicted octanol–water partition coefficient (Wildman–Crippen LogP) is 4.86. The van der Waals surface area contributed by atoms with Crippen molar-refractivity contribution < 1.29 is 26.9 Å². The highest BCUT2D eigenvalue weighted by atomic mass is 19.4. The van der Waals surface area contributed by atoms with E-state index in [9.17, 15) is 32.1 Å². The topological polar surface area (TPSA) is 73.8 Å². The Labute approximate surface area is 160 Å². The van der Waals surface area contributed by atoms with Crippen molar-refractivity contribution in [2.75, 3.05) is 0 Å². The molecule has 152 valence electrons. The van der Waals surface area contributed by atoms with Gasteiger partial charge in [0.2, 0.25) is 5.82 Å². The molecule has 0 N–H and O–H groups in total. The summed E-state index contributed by atoms with van der Waals surface area (Å²) in [4.78, 5) is 13.8. The smallest absolute Gasteiger partial charge is 0.258 e. The highest BCUT2D eigenvalue weighted by Crippen LogP contribution is 2.43. The minimum atomic E-state index is -5.85. The Morgan fingerprint density at radius 2 is 1.72 bits per heavy atom. The van der Waals surface area contributed by atoms with Crippen molar-refractivity contribution in [1.82, 2.24) is 14.8 Å². The fourth-order valence-electron chi connectivity index (χ4n) is 2.71. The first-order valence-electron chi connectivity index (χ1n) is 8.20. The average molecular weight is 412 g/mol. The van der Waals surface area contributed by atoms with E-state index in [4.69, 9.17) is 0 Å². The summed E-state index contributed by atoms with van der Waals surface area (Å²) in [6.07, 6.45) is -5.85. The number of hydrogen-bond acceptors (Lipinski definition) is 4. The van der Waals surface area contributed by atoms with Gasteiger partial charge in [-0.05, 0) is 18.6 Å². The first-order chi connectivity index (χ1) is 13.5. The molecule has 0 amide bonds. The Bertz CT molecular complexity index is 1050. The van der Waals surface area contributed by atoms with Crippen LogP contribution in [0.15, 0.2) is 48.5 Å². The van der Waals surface area contributed by atoms with E-state index in [1.807, 2.05) is 0 Å². The third-order valence-electron chi connectivity index (χ3n) is 4.13. The zero-order valence-electron chi connectivity index (χ0n) is 14.8. The molecule has 3 aromatic rings. The zero-order chi connectivity index (χ0) is 21.4. The van der Waals surface area contributed by atoms with E-state index in [0.717, 1.165) is 4.68 Å². The molecule has 0 radical (unpaired) electrons. The van der Waals surface area contributed by atoms with Crippen molar-refractivity contribution in [2.24, 2.45) is 0 Å². The molecule has 0 aliphatic rings. The van der Waals surface area contributed by atoms with E-state index in [-0.39, 0.29) is 18.1 Å². The van der Waals surface area contributed by atoms with Crippen LogP contribution in [0.5, 0.6) is 0 Å². The SMILES string of the molecule is Cc1cc(Cn2nc(C(F)(F)C(F)(F)F)nc2-c2ccccc2)ccc1[N+](=O)[O-]. The Kier molecular flexibility index (Phi) is 5.07. The van der Waals surface area contributed by atoms with Crippen LogP contribution >= 0.6 is 0 Å². The summed E-state index contributed by atoms with van der Waals surface area (Å²) in [5, 5.41) is 14.3. The van der Waals surface area contributed by atoms with Gasteiger partial charge in [-0.25, -0.2) is 9.67 Å². The van der Waals surface area contributed by atoms with E-state index in [0.29, 0.717) is 16.7 Å². The summed E-state index contributed by atoms with van der Waals surface area (Å²) in [6.45, 7) is 1.29. The minimum absolute atomic E-state index is 0.139. The Morgan fingerprint density at radius 3 is 2.28 bits per heavy atom. The molecule has 0 atom stereocenters.